The number of ether oxygens (including phenoxy) is 1. The molecule has 0 saturated carbocycles. The highest BCUT2D eigenvalue weighted by atomic mass is 16.5. The maximum Gasteiger partial charge on any atom is 0.0774 e. The first-order valence-corrected chi connectivity index (χ1v) is 5.81. The summed E-state index contributed by atoms with van der Waals surface area (Å²) >= 11 is 0. The van der Waals surface area contributed by atoms with Crippen molar-refractivity contribution < 1.29 is 4.74 Å². The minimum atomic E-state index is 0.379. The van der Waals surface area contributed by atoms with E-state index in [1.807, 2.05) is 35.1 Å². The molecule has 0 spiro atoms. The molecule has 1 saturated heterocycles. The quantitative estimate of drug-likeness (QED) is 0.802. The molecule has 3 rings (SSSR count). The molecule has 1 unspecified atom stereocenters. The molecule has 0 radical (unpaired) electrons. The lowest BCUT2D eigenvalue weighted by atomic mass is 10.1. The Kier molecular flexibility index (Phi) is 2.57. The van der Waals surface area contributed by atoms with Gasteiger partial charge in [-0.2, -0.15) is 5.10 Å². The third-order valence-electron chi connectivity index (χ3n) is 3.10. The fourth-order valence-electron chi connectivity index (χ4n) is 2.14. The predicted molar refractivity (Wildman–Crippen MR) is 66.5 cm³/mol. The van der Waals surface area contributed by atoms with Gasteiger partial charge in [-0.15, -0.1) is 0 Å². The van der Waals surface area contributed by atoms with E-state index in [4.69, 9.17) is 10.5 Å². The highest BCUT2D eigenvalue weighted by molar-refractivity contribution is 5.65. The Bertz CT molecular complexity index is 515. The summed E-state index contributed by atoms with van der Waals surface area (Å²) in [7, 11) is 0. The zero-order valence-electron chi connectivity index (χ0n) is 9.54. The second-order valence-corrected chi connectivity index (χ2v) is 4.35. The van der Waals surface area contributed by atoms with E-state index in [0.29, 0.717) is 6.04 Å². The molecule has 2 aromatic rings. The summed E-state index contributed by atoms with van der Waals surface area (Å²) in [6.07, 6.45) is 4.99. The minimum Gasteiger partial charge on any atom is -0.399 e. The zero-order chi connectivity index (χ0) is 11.7. The molecule has 2 N–H and O–H groups in total. The maximum atomic E-state index is 5.78. The number of rotatable bonds is 2. The molecule has 2 heterocycles. The van der Waals surface area contributed by atoms with Gasteiger partial charge in [-0.25, -0.2) is 0 Å². The highest BCUT2D eigenvalue weighted by Crippen LogP contribution is 2.24. The van der Waals surface area contributed by atoms with E-state index in [-0.39, 0.29) is 0 Å². The summed E-state index contributed by atoms with van der Waals surface area (Å²) in [6.45, 7) is 1.59. The Morgan fingerprint density at radius 2 is 2.29 bits per heavy atom. The largest absolute Gasteiger partial charge is 0.399 e. The summed E-state index contributed by atoms with van der Waals surface area (Å²) in [6, 6.07) is 8.24. The van der Waals surface area contributed by atoms with E-state index >= 15 is 0 Å². The first kappa shape index (κ1) is 10.4. The molecule has 4 heteroatoms. The number of nitrogens with two attached hydrogens (primary N) is 1. The number of aromatic nitrogens is 2. The van der Waals surface area contributed by atoms with Crippen molar-refractivity contribution in [3.8, 4) is 11.1 Å². The molecule has 1 atom stereocenters. The third-order valence-corrected chi connectivity index (χ3v) is 3.10. The van der Waals surface area contributed by atoms with Gasteiger partial charge >= 0.3 is 0 Å². The average molecular weight is 229 g/mol. The zero-order valence-corrected chi connectivity index (χ0v) is 9.54. The van der Waals surface area contributed by atoms with E-state index in [9.17, 15) is 0 Å². The molecule has 1 aromatic heterocycles. The average Bonchev–Trinajstić information content (AvgIpc) is 3.00. The van der Waals surface area contributed by atoms with Crippen molar-refractivity contribution >= 4 is 5.69 Å². The Hall–Kier alpha value is -1.81. The monoisotopic (exact) mass is 229 g/mol. The van der Waals surface area contributed by atoms with Crippen LogP contribution in [0.15, 0.2) is 36.7 Å². The molecule has 1 aliphatic heterocycles. The number of hydrogen-bond acceptors (Lipinski definition) is 3. The third kappa shape index (κ3) is 2.03. The van der Waals surface area contributed by atoms with Crippen LogP contribution in [0, 0.1) is 0 Å². The highest BCUT2D eigenvalue weighted by Gasteiger charge is 2.18. The number of benzene rings is 1. The summed E-state index contributed by atoms with van der Waals surface area (Å²) < 4.78 is 7.36. The molecule has 0 bridgehead atoms. The summed E-state index contributed by atoms with van der Waals surface area (Å²) in [5, 5.41) is 4.40. The lowest BCUT2D eigenvalue weighted by Crippen LogP contribution is -2.08. The Morgan fingerprint density at radius 3 is 3.06 bits per heavy atom. The van der Waals surface area contributed by atoms with Crippen molar-refractivity contribution in [2.45, 2.75) is 12.5 Å². The molecule has 1 fully saturated rings. The lowest BCUT2D eigenvalue weighted by molar-refractivity contribution is 0.184. The smallest absolute Gasteiger partial charge is 0.0774 e. The first-order chi connectivity index (χ1) is 8.33. The topological polar surface area (TPSA) is 53.1 Å². The van der Waals surface area contributed by atoms with Gasteiger partial charge < -0.3 is 10.5 Å². The SMILES string of the molecule is Nc1cccc(-c2cnn(C3CCOC3)c2)c1. The Labute approximate surface area is 100 Å². The first-order valence-electron chi connectivity index (χ1n) is 5.81. The molecular formula is C13H15N3O. The fourth-order valence-corrected chi connectivity index (χ4v) is 2.14. The van der Waals surface area contributed by atoms with Gasteiger partial charge in [0, 0.05) is 24.1 Å². The molecule has 0 amide bonds. The molecule has 4 nitrogen and oxygen atoms in total. The van der Waals surface area contributed by atoms with Crippen molar-refractivity contribution in [1.29, 1.82) is 0 Å². The van der Waals surface area contributed by atoms with Crippen LogP contribution < -0.4 is 5.73 Å². The van der Waals surface area contributed by atoms with Crippen LogP contribution in [0.3, 0.4) is 0 Å². The van der Waals surface area contributed by atoms with Crippen molar-refractivity contribution in [2.24, 2.45) is 0 Å². The maximum absolute atomic E-state index is 5.78. The van der Waals surface area contributed by atoms with Crippen LogP contribution in [-0.4, -0.2) is 23.0 Å². The number of hydrogen-bond donors (Lipinski definition) is 1. The van der Waals surface area contributed by atoms with Crippen molar-refractivity contribution in [2.75, 3.05) is 18.9 Å². The van der Waals surface area contributed by atoms with E-state index < -0.39 is 0 Å². The van der Waals surface area contributed by atoms with Gasteiger partial charge in [-0.05, 0) is 24.1 Å². The van der Waals surface area contributed by atoms with E-state index in [1.54, 1.807) is 0 Å². The van der Waals surface area contributed by atoms with E-state index in [1.165, 1.54) is 0 Å². The van der Waals surface area contributed by atoms with Crippen LogP contribution >= 0.6 is 0 Å². The van der Waals surface area contributed by atoms with Crippen LogP contribution in [0.25, 0.3) is 11.1 Å². The summed E-state index contributed by atoms with van der Waals surface area (Å²) in [5.41, 5.74) is 8.76. The van der Waals surface area contributed by atoms with Crippen LogP contribution in [0.4, 0.5) is 5.69 Å². The van der Waals surface area contributed by atoms with Crippen molar-refractivity contribution in [3.63, 3.8) is 0 Å². The predicted octanol–water partition coefficient (Wildman–Crippen LogP) is 2.09. The lowest BCUT2D eigenvalue weighted by Gasteiger charge is -2.06. The molecule has 1 aromatic carbocycles. The molecule has 1 aliphatic rings. The normalized spacial score (nSPS) is 19.6. The molecule has 17 heavy (non-hydrogen) atoms. The van der Waals surface area contributed by atoms with Gasteiger partial charge in [0.25, 0.3) is 0 Å². The number of anilines is 1. The van der Waals surface area contributed by atoms with E-state index in [0.717, 1.165) is 36.4 Å². The van der Waals surface area contributed by atoms with Gasteiger partial charge in [0.1, 0.15) is 0 Å². The van der Waals surface area contributed by atoms with Crippen LogP contribution in [0.5, 0.6) is 0 Å². The number of nitrogen functional groups attached to an aromatic ring is 1. The molecule has 0 aliphatic carbocycles. The van der Waals surface area contributed by atoms with Gasteiger partial charge in [0.15, 0.2) is 0 Å². The Morgan fingerprint density at radius 1 is 1.35 bits per heavy atom. The summed E-state index contributed by atoms with van der Waals surface area (Å²) in [4.78, 5) is 0. The van der Waals surface area contributed by atoms with Crippen molar-refractivity contribution in [3.05, 3.63) is 36.7 Å². The van der Waals surface area contributed by atoms with Gasteiger partial charge in [-0.1, -0.05) is 12.1 Å². The van der Waals surface area contributed by atoms with Crippen LogP contribution in [0.1, 0.15) is 12.5 Å². The van der Waals surface area contributed by atoms with Crippen LogP contribution in [0.2, 0.25) is 0 Å². The van der Waals surface area contributed by atoms with Gasteiger partial charge in [0.2, 0.25) is 0 Å². The second kappa shape index (κ2) is 4.22. The fraction of sp³-hybridized carbons (Fsp3) is 0.308. The molecule has 88 valence electrons. The summed E-state index contributed by atoms with van der Waals surface area (Å²) in [5.74, 6) is 0. The van der Waals surface area contributed by atoms with Crippen LogP contribution in [-0.2, 0) is 4.74 Å². The van der Waals surface area contributed by atoms with E-state index in [2.05, 4.69) is 11.3 Å². The standard InChI is InChI=1S/C13H15N3O/c14-12-3-1-2-10(6-12)11-7-15-16(8-11)13-4-5-17-9-13/h1-3,6-8,13H,4-5,9,14H2. The van der Waals surface area contributed by atoms with Gasteiger partial charge in [0.05, 0.1) is 18.8 Å². The minimum absolute atomic E-state index is 0.379. The molecular weight excluding hydrogens is 214 g/mol. The number of nitrogens with zero attached hydrogens (tertiary/aromatic N) is 2. The van der Waals surface area contributed by atoms with Gasteiger partial charge in [-0.3, -0.25) is 4.68 Å². The van der Waals surface area contributed by atoms with Crippen molar-refractivity contribution in [1.82, 2.24) is 9.78 Å². The second-order valence-electron chi connectivity index (χ2n) is 4.35. The Balaban J connectivity index is 1.89.